The number of unbranched alkanes of at least 4 members (excludes halogenated alkanes) is 1. The van der Waals surface area contributed by atoms with Gasteiger partial charge < -0.3 is 0 Å². The molecule has 1 heterocycles. The largest absolute Gasteiger partial charge is 0.295 e. The molecule has 1 aliphatic heterocycles. The molecule has 0 N–H and O–H groups in total. The molecule has 19 heavy (non-hydrogen) atoms. The Bertz CT molecular complexity index is 384. The van der Waals surface area contributed by atoms with Gasteiger partial charge in [-0.15, -0.1) is 0 Å². The molecule has 2 rings (SSSR count). The molecule has 1 saturated carbocycles. The number of hydrogen-bond acceptors (Lipinski definition) is 4. The summed E-state index contributed by atoms with van der Waals surface area (Å²) in [6.07, 6.45) is 9.88. The number of thioether (sulfide) groups is 1. The van der Waals surface area contributed by atoms with Crippen LogP contribution in [-0.2, 0) is 4.79 Å². The Kier molecular flexibility index (Phi) is 5.49. The van der Waals surface area contributed by atoms with Gasteiger partial charge in [0.1, 0.15) is 5.03 Å². The van der Waals surface area contributed by atoms with Gasteiger partial charge in [-0.25, -0.2) is 0 Å². The van der Waals surface area contributed by atoms with Crippen LogP contribution in [0.2, 0.25) is 0 Å². The standard InChI is InChI=1S/C15H24N2OS/c1-3-4-9-17-15(19-12(2)16-17)11-14(18)10-13-7-5-6-8-13/h11,13H,3-10H2,1-2H3/b15-11-. The molecule has 3 nitrogen and oxygen atoms in total. The van der Waals surface area contributed by atoms with Crippen molar-refractivity contribution in [1.82, 2.24) is 5.01 Å². The van der Waals surface area contributed by atoms with Gasteiger partial charge in [0.05, 0.1) is 5.04 Å². The van der Waals surface area contributed by atoms with Crippen LogP contribution >= 0.6 is 11.8 Å². The van der Waals surface area contributed by atoms with E-state index in [0.29, 0.717) is 5.92 Å². The summed E-state index contributed by atoms with van der Waals surface area (Å²) in [4.78, 5) is 12.1. The first-order chi connectivity index (χ1) is 9.19. The molecule has 0 saturated heterocycles. The molecule has 0 spiro atoms. The van der Waals surface area contributed by atoms with Crippen LogP contribution in [0.4, 0.5) is 0 Å². The summed E-state index contributed by atoms with van der Waals surface area (Å²) in [5, 5.41) is 8.54. The van der Waals surface area contributed by atoms with Crippen molar-refractivity contribution in [3.8, 4) is 0 Å². The van der Waals surface area contributed by atoms with Crippen LogP contribution in [0.15, 0.2) is 16.2 Å². The molecule has 0 unspecified atom stereocenters. The fourth-order valence-corrected chi connectivity index (χ4v) is 3.58. The Morgan fingerprint density at radius 3 is 2.89 bits per heavy atom. The lowest BCUT2D eigenvalue weighted by atomic mass is 10.0. The third-order valence-corrected chi connectivity index (χ3v) is 4.66. The predicted octanol–water partition coefficient (Wildman–Crippen LogP) is 4.16. The monoisotopic (exact) mass is 280 g/mol. The van der Waals surface area contributed by atoms with E-state index in [0.717, 1.165) is 35.9 Å². The van der Waals surface area contributed by atoms with Crippen LogP contribution in [0.3, 0.4) is 0 Å². The second-order valence-electron chi connectivity index (χ2n) is 5.50. The molecule has 0 radical (unpaired) electrons. The summed E-state index contributed by atoms with van der Waals surface area (Å²) in [7, 11) is 0. The van der Waals surface area contributed by atoms with E-state index in [9.17, 15) is 4.79 Å². The maximum Gasteiger partial charge on any atom is 0.158 e. The van der Waals surface area contributed by atoms with Crippen molar-refractivity contribution in [3.63, 3.8) is 0 Å². The Hall–Kier alpha value is -0.770. The highest BCUT2D eigenvalue weighted by atomic mass is 32.2. The summed E-state index contributed by atoms with van der Waals surface area (Å²) in [6, 6.07) is 0. The van der Waals surface area contributed by atoms with Gasteiger partial charge in [-0.1, -0.05) is 50.8 Å². The fourth-order valence-electron chi connectivity index (χ4n) is 2.71. The van der Waals surface area contributed by atoms with Crippen molar-refractivity contribution in [1.29, 1.82) is 0 Å². The lowest BCUT2D eigenvalue weighted by Gasteiger charge is -2.14. The second kappa shape index (κ2) is 7.13. The highest BCUT2D eigenvalue weighted by Gasteiger charge is 2.21. The smallest absolute Gasteiger partial charge is 0.158 e. The van der Waals surface area contributed by atoms with Crippen LogP contribution in [0, 0.1) is 5.92 Å². The van der Waals surface area contributed by atoms with E-state index in [1.165, 1.54) is 25.7 Å². The molecule has 0 aromatic heterocycles. The van der Waals surface area contributed by atoms with Crippen molar-refractivity contribution in [2.24, 2.45) is 11.0 Å². The molecular formula is C15H24N2OS. The zero-order valence-electron chi connectivity index (χ0n) is 12.0. The summed E-state index contributed by atoms with van der Waals surface area (Å²) in [5.74, 6) is 0.905. The lowest BCUT2D eigenvalue weighted by molar-refractivity contribution is -0.115. The zero-order valence-corrected chi connectivity index (χ0v) is 12.8. The Morgan fingerprint density at radius 2 is 2.21 bits per heavy atom. The molecule has 1 fully saturated rings. The number of rotatable bonds is 6. The Labute approximate surface area is 120 Å². The van der Waals surface area contributed by atoms with Gasteiger partial charge in [-0.05, 0) is 19.3 Å². The van der Waals surface area contributed by atoms with Crippen molar-refractivity contribution >= 4 is 22.6 Å². The minimum Gasteiger partial charge on any atom is -0.295 e. The average Bonchev–Trinajstić information content (AvgIpc) is 2.97. The first-order valence-electron chi connectivity index (χ1n) is 7.44. The van der Waals surface area contributed by atoms with Crippen LogP contribution in [0.25, 0.3) is 0 Å². The van der Waals surface area contributed by atoms with Crippen molar-refractivity contribution in [3.05, 3.63) is 11.1 Å². The number of hydrogen-bond donors (Lipinski definition) is 0. The number of hydrazone groups is 1. The SMILES string of the molecule is CCCCN1N=C(C)S/C1=C\C(=O)CC1CCCC1. The third-order valence-electron chi connectivity index (χ3n) is 3.74. The summed E-state index contributed by atoms with van der Waals surface area (Å²) >= 11 is 1.63. The van der Waals surface area contributed by atoms with E-state index in [1.54, 1.807) is 11.8 Å². The second-order valence-corrected chi connectivity index (χ2v) is 6.71. The van der Waals surface area contributed by atoms with E-state index in [1.807, 2.05) is 18.0 Å². The number of carbonyl (C=O) groups excluding carboxylic acids is 1. The van der Waals surface area contributed by atoms with E-state index in [2.05, 4.69) is 12.0 Å². The predicted molar refractivity (Wildman–Crippen MR) is 82.0 cm³/mol. The van der Waals surface area contributed by atoms with E-state index < -0.39 is 0 Å². The van der Waals surface area contributed by atoms with Gasteiger partial charge in [-0.3, -0.25) is 9.80 Å². The summed E-state index contributed by atoms with van der Waals surface area (Å²) < 4.78 is 0. The maximum absolute atomic E-state index is 12.1. The van der Waals surface area contributed by atoms with Gasteiger partial charge in [0.2, 0.25) is 0 Å². The first-order valence-corrected chi connectivity index (χ1v) is 8.26. The van der Waals surface area contributed by atoms with Crippen molar-refractivity contribution in [2.75, 3.05) is 6.54 Å². The van der Waals surface area contributed by atoms with Gasteiger partial charge in [0, 0.05) is 19.0 Å². The summed E-state index contributed by atoms with van der Waals surface area (Å²) in [6.45, 7) is 5.10. The highest BCUT2D eigenvalue weighted by Crippen LogP contribution is 2.32. The lowest BCUT2D eigenvalue weighted by Crippen LogP contribution is -2.14. The zero-order chi connectivity index (χ0) is 13.7. The topological polar surface area (TPSA) is 32.7 Å². The number of carbonyl (C=O) groups is 1. The average molecular weight is 280 g/mol. The van der Waals surface area contributed by atoms with Crippen LogP contribution < -0.4 is 0 Å². The van der Waals surface area contributed by atoms with Crippen LogP contribution in [-0.4, -0.2) is 22.4 Å². The van der Waals surface area contributed by atoms with E-state index in [-0.39, 0.29) is 5.78 Å². The molecule has 0 aromatic rings. The molecule has 1 aliphatic carbocycles. The van der Waals surface area contributed by atoms with Gasteiger partial charge in [-0.2, -0.15) is 5.10 Å². The fraction of sp³-hybridized carbons (Fsp3) is 0.733. The molecule has 106 valence electrons. The number of nitrogens with zero attached hydrogens (tertiary/aromatic N) is 2. The molecule has 2 aliphatic rings. The maximum atomic E-state index is 12.1. The van der Waals surface area contributed by atoms with Crippen molar-refractivity contribution in [2.45, 2.75) is 58.8 Å². The van der Waals surface area contributed by atoms with Crippen LogP contribution in [0.1, 0.15) is 58.8 Å². The minimum atomic E-state index is 0.279. The van der Waals surface area contributed by atoms with Crippen LogP contribution in [0.5, 0.6) is 0 Å². The Morgan fingerprint density at radius 1 is 1.47 bits per heavy atom. The molecule has 0 aromatic carbocycles. The van der Waals surface area contributed by atoms with Gasteiger partial charge in [0.15, 0.2) is 5.78 Å². The Balaban J connectivity index is 1.90. The molecule has 4 heteroatoms. The normalized spacial score (nSPS) is 22.3. The van der Waals surface area contributed by atoms with E-state index >= 15 is 0 Å². The van der Waals surface area contributed by atoms with Gasteiger partial charge >= 0.3 is 0 Å². The quantitative estimate of drug-likeness (QED) is 0.685. The first kappa shape index (κ1) is 14.6. The van der Waals surface area contributed by atoms with Crippen molar-refractivity contribution < 1.29 is 4.79 Å². The molecule has 0 bridgehead atoms. The molecular weight excluding hydrogens is 256 g/mol. The minimum absolute atomic E-state index is 0.279. The highest BCUT2D eigenvalue weighted by molar-refractivity contribution is 8.17. The van der Waals surface area contributed by atoms with E-state index in [4.69, 9.17) is 0 Å². The number of allylic oxidation sites excluding steroid dienone is 1. The molecule has 0 amide bonds. The van der Waals surface area contributed by atoms with Gasteiger partial charge in [0.25, 0.3) is 0 Å². The summed E-state index contributed by atoms with van der Waals surface area (Å²) in [5.41, 5.74) is 0. The third kappa shape index (κ3) is 4.37. The number of ketones is 1. The molecule has 0 atom stereocenters.